The number of anilines is 1. The number of rotatable bonds is 6. The van der Waals surface area contributed by atoms with Gasteiger partial charge in [-0.25, -0.2) is 0 Å². The summed E-state index contributed by atoms with van der Waals surface area (Å²) in [5, 5.41) is 15.6. The number of pyridine rings is 1. The quantitative estimate of drug-likeness (QED) is 0.304. The van der Waals surface area contributed by atoms with Gasteiger partial charge in [-0.3, -0.25) is 9.78 Å². The highest BCUT2D eigenvalue weighted by molar-refractivity contribution is 6.05. The normalized spacial score (nSPS) is 13.6. The number of aromatic nitrogens is 1. The van der Waals surface area contributed by atoms with E-state index >= 15 is 0 Å². The number of amides is 1. The number of benzene rings is 2. The summed E-state index contributed by atoms with van der Waals surface area (Å²) in [6.07, 6.45) is 4.92. The van der Waals surface area contributed by atoms with E-state index < -0.39 is 0 Å². The van der Waals surface area contributed by atoms with E-state index in [9.17, 15) is 10.0 Å². The molecule has 0 bridgehead atoms. The van der Waals surface area contributed by atoms with Crippen molar-refractivity contribution in [1.82, 2.24) is 10.3 Å². The lowest BCUT2D eigenvalue weighted by Gasteiger charge is -2.12. The smallest absolute Gasteiger partial charge is 0.287 e. The van der Waals surface area contributed by atoms with Crippen molar-refractivity contribution in [2.24, 2.45) is 5.16 Å². The average Bonchev–Trinajstić information content (AvgIpc) is 3.52. The van der Waals surface area contributed by atoms with E-state index in [4.69, 9.17) is 4.42 Å². The highest BCUT2D eigenvalue weighted by Crippen LogP contribution is 2.37. The molecule has 7 nitrogen and oxygen atoms in total. The molecule has 2 aromatic carbocycles. The van der Waals surface area contributed by atoms with Crippen molar-refractivity contribution in [2.75, 3.05) is 19.0 Å². The van der Waals surface area contributed by atoms with Crippen LogP contribution in [0.5, 0.6) is 0 Å². The molecule has 2 aromatic heterocycles. The number of nitrogens with zero attached hydrogens (tertiary/aromatic N) is 3. The maximum Gasteiger partial charge on any atom is 0.287 e. The van der Waals surface area contributed by atoms with Gasteiger partial charge in [0.1, 0.15) is 5.76 Å². The molecule has 1 aliphatic rings. The molecule has 0 radical (unpaired) electrons. The molecule has 0 aliphatic heterocycles. The minimum Gasteiger partial charge on any atom is -0.450 e. The molecule has 2 N–H and O–H groups in total. The van der Waals surface area contributed by atoms with Gasteiger partial charge in [0.2, 0.25) is 0 Å². The predicted octanol–water partition coefficient (Wildman–Crippen LogP) is 5.13. The van der Waals surface area contributed by atoms with Crippen LogP contribution < -0.4 is 10.2 Å². The Bertz CT molecular complexity index is 1390. The molecule has 0 spiro atoms. The molecule has 0 atom stereocenters. The van der Waals surface area contributed by atoms with Crippen LogP contribution >= 0.6 is 0 Å². The topological polar surface area (TPSA) is 91.0 Å². The van der Waals surface area contributed by atoms with E-state index in [1.54, 1.807) is 18.5 Å². The van der Waals surface area contributed by atoms with E-state index in [2.05, 4.69) is 21.5 Å². The molecule has 0 fully saturated rings. The molecule has 4 aromatic rings. The highest BCUT2D eigenvalue weighted by Gasteiger charge is 2.23. The largest absolute Gasteiger partial charge is 0.450 e. The van der Waals surface area contributed by atoms with Crippen molar-refractivity contribution in [3.63, 3.8) is 0 Å². The Hall–Kier alpha value is -4.39. The third-order valence-electron chi connectivity index (χ3n) is 6.28. The average molecular weight is 467 g/mol. The fourth-order valence-electron chi connectivity index (χ4n) is 4.36. The molecule has 0 unspecified atom stereocenters. The molecule has 5 rings (SSSR count). The molecule has 1 aliphatic carbocycles. The number of hydrogen-bond acceptors (Lipinski definition) is 6. The van der Waals surface area contributed by atoms with E-state index in [1.165, 1.54) is 0 Å². The first-order valence-corrected chi connectivity index (χ1v) is 11.5. The van der Waals surface area contributed by atoms with Crippen LogP contribution in [0.15, 0.2) is 82.6 Å². The number of hydrogen-bond donors (Lipinski definition) is 2. The zero-order valence-corrected chi connectivity index (χ0v) is 19.7. The molecule has 35 heavy (non-hydrogen) atoms. The van der Waals surface area contributed by atoms with Crippen molar-refractivity contribution >= 4 is 17.3 Å². The third kappa shape index (κ3) is 4.53. The molecule has 2 heterocycles. The lowest BCUT2D eigenvalue weighted by molar-refractivity contribution is 0.0924. The lowest BCUT2D eigenvalue weighted by Crippen LogP contribution is -2.22. The first kappa shape index (κ1) is 22.4. The van der Waals surface area contributed by atoms with Gasteiger partial charge in [0.25, 0.3) is 5.91 Å². The Balaban J connectivity index is 1.44. The Kier molecular flexibility index (Phi) is 6.06. The second-order valence-corrected chi connectivity index (χ2v) is 8.75. The van der Waals surface area contributed by atoms with Crippen LogP contribution in [0, 0.1) is 0 Å². The number of oxime groups is 1. The van der Waals surface area contributed by atoms with Gasteiger partial charge in [0.05, 0.1) is 5.71 Å². The van der Waals surface area contributed by atoms with Crippen LogP contribution in [-0.4, -0.2) is 35.9 Å². The molecule has 0 saturated carbocycles. The van der Waals surface area contributed by atoms with E-state index in [0.29, 0.717) is 24.4 Å². The van der Waals surface area contributed by atoms with Crippen LogP contribution in [0.3, 0.4) is 0 Å². The summed E-state index contributed by atoms with van der Waals surface area (Å²) < 4.78 is 6.11. The number of aryl methyl sites for hydroxylation is 1. The van der Waals surface area contributed by atoms with Gasteiger partial charge in [-0.05, 0) is 59.9 Å². The summed E-state index contributed by atoms with van der Waals surface area (Å²) in [7, 11) is 3.98. The van der Waals surface area contributed by atoms with Gasteiger partial charge in [-0.2, -0.15) is 0 Å². The first-order chi connectivity index (χ1) is 17.0. The molecule has 1 amide bonds. The van der Waals surface area contributed by atoms with Crippen molar-refractivity contribution in [2.45, 2.75) is 19.4 Å². The fourth-order valence-corrected chi connectivity index (χ4v) is 4.36. The van der Waals surface area contributed by atoms with Crippen LogP contribution in [0.1, 0.15) is 33.7 Å². The van der Waals surface area contributed by atoms with Crippen LogP contribution in [0.2, 0.25) is 0 Å². The minimum atomic E-state index is -0.279. The molecular formula is C28H26N4O3. The van der Waals surface area contributed by atoms with Crippen LogP contribution in [-0.2, 0) is 13.0 Å². The number of nitrogens with one attached hydrogen (secondary N) is 1. The number of fused-ring (bicyclic) bond motifs is 1. The van der Waals surface area contributed by atoms with Gasteiger partial charge < -0.3 is 19.8 Å². The Morgan fingerprint density at radius 1 is 1.00 bits per heavy atom. The van der Waals surface area contributed by atoms with Gasteiger partial charge in [0.15, 0.2) is 5.76 Å². The monoisotopic (exact) mass is 466 g/mol. The number of carbonyl (C=O) groups is 1. The van der Waals surface area contributed by atoms with E-state index in [-0.39, 0.29) is 11.7 Å². The van der Waals surface area contributed by atoms with Gasteiger partial charge in [-0.15, -0.1) is 0 Å². The van der Waals surface area contributed by atoms with E-state index in [1.807, 2.05) is 67.5 Å². The fraction of sp³-hybridized carbons (Fsp3) is 0.179. The Morgan fingerprint density at radius 2 is 1.77 bits per heavy atom. The van der Waals surface area contributed by atoms with Crippen molar-refractivity contribution in [1.29, 1.82) is 0 Å². The predicted molar refractivity (Wildman–Crippen MR) is 136 cm³/mol. The minimum absolute atomic E-state index is 0.245. The standard InChI is InChI=1S/C28H26N4O3/c1-32(2)22-7-3-18(4-8-22)17-30-28(33)26-16-24(27(35-26)19-11-13-29-14-12-19)21-5-9-23-20(15-21)6-10-25(23)31-34/h3-5,7-9,11-16,34H,6,10,17H2,1-2H3,(H,30,33). The second kappa shape index (κ2) is 9.46. The van der Waals surface area contributed by atoms with Gasteiger partial charge in [-0.1, -0.05) is 35.5 Å². The van der Waals surface area contributed by atoms with E-state index in [0.717, 1.165) is 45.5 Å². The summed E-state index contributed by atoms with van der Waals surface area (Å²) in [5.74, 6) is 0.579. The van der Waals surface area contributed by atoms with Gasteiger partial charge in [0, 0.05) is 55.4 Å². The molecule has 176 valence electrons. The summed E-state index contributed by atoms with van der Waals surface area (Å²) in [4.78, 5) is 19.2. The number of carbonyl (C=O) groups excluding carboxylic acids is 1. The Labute approximate surface area is 203 Å². The zero-order valence-electron chi connectivity index (χ0n) is 19.7. The molecular weight excluding hydrogens is 440 g/mol. The summed E-state index contributed by atoms with van der Waals surface area (Å²) in [6.45, 7) is 0.398. The van der Waals surface area contributed by atoms with Crippen LogP contribution in [0.25, 0.3) is 22.5 Å². The van der Waals surface area contributed by atoms with Crippen LogP contribution in [0.4, 0.5) is 5.69 Å². The van der Waals surface area contributed by atoms with Crippen molar-refractivity contribution in [3.8, 4) is 22.5 Å². The second-order valence-electron chi connectivity index (χ2n) is 8.75. The molecule has 7 heteroatoms. The third-order valence-corrected chi connectivity index (χ3v) is 6.28. The number of furan rings is 1. The van der Waals surface area contributed by atoms with Gasteiger partial charge >= 0.3 is 0 Å². The molecule has 0 saturated heterocycles. The van der Waals surface area contributed by atoms with Crippen molar-refractivity contribution in [3.05, 3.63) is 95.5 Å². The summed E-state index contributed by atoms with van der Waals surface area (Å²) in [6, 6.07) is 19.6. The summed E-state index contributed by atoms with van der Waals surface area (Å²) >= 11 is 0. The maximum absolute atomic E-state index is 13.0. The SMILES string of the molecule is CN(C)c1ccc(CNC(=O)c2cc(-c3ccc4c(c3)CCC4=NO)c(-c3ccncc3)o2)cc1. The van der Waals surface area contributed by atoms with Crippen molar-refractivity contribution < 1.29 is 14.4 Å². The summed E-state index contributed by atoms with van der Waals surface area (Å²) in [5.41, 5.74) is 7.49. The Morgan fingerprint density at radius 3 is 2.49 bits per heavy atom. The highest BCUT2D eigenvalue weighted by atomic mass is 16.4. The first-order valence-electron chi connectivity index (χ1n) is 11.5. The maximum atomic E-state index is 13.0. The lowest BCUT2D eigenvalue weighted by atomic mass is 9.98. The zero-order chi connectivity index (χ0) is 24.4.